The van der Waals surface area contributed by atoms with Crippen molar-refractivity contribution in [3.8, 4) is 5.75 Å². The largest absolute Gasteiger partial charge is 0.483 e. The summed E-state index contributed by atoms with van der Waals surface area (Å²) in [6.07, 6.45) is 2.53. The summed E-state index contributed by atoms with van der Waals surface area (Å²) in [6.45, 7) is 1.52. The molecule has 0 saturated heterocycles. The number of benzene rings is 2. The van der Waals surface area contributed by atoms with Crippen LogP contribution in [0, 0.1) is 6.92 Å². The fourth-order valence-electron chi connectivity index (χ4n) is 3.69. The van der Waals surface area contributed by atoms with Gasteiger partial charge in [0, 0.05) is 22.2 Å². The fourth-order valence-corrected chi connectivity index (χ4v) is 4.20. The van der Waals surface area contributed by atoms with Gasteiger partial charge in [0.05, 0.1) is 4.90 Å². The minimum Gasteiger partial charge on any atom is -0.483 e. The van der Waals surface area contributed by atoms with E-state index in [-0.39, 0.29) is 17.1 Å². The zero-order valence-electron chi connectivity index (χ0n) is 16.2. The van der Waals surface area contributed by atoms with Crippen molar-refractivity contribution in [1.29, 1.82) is 0 Å². The molecule has 3 aromatic rings. The van der Waals surface area contributed by atoms with Crippen LogP contribution in [-0.2, 0) is 27.7 Å². The van der Waals surface area contributed by atoms with Crippen molar-refractivity contribution in [2.24, 2.45) is 5.14 Å². The quantitative estimate of drug-likeness (QED) is 0.600. The summed E-state index contributed by atoms with van der Waals surface area (Å²) in [7, 11) is -3.79. The number of ether oxygens (including phenoxy) is 1. The highest BCUT2D eigenvalue weighted by Gasteiger charge is 2.21. The van der Waals surface area contributed by atoms with Crippen molar-refractivity contribution in [3.63, 3.8) is 0 Å². The second kappa shape index (κ2) is 7.58. The minimum atomic E-state index is -3.79. The van der Waals surface area contributed by atoms with E-state index < -0.39 is 15.9 Å². The van der Waals surface area contributed by atoms with Gasteiger partial charge in [0.15, 0.2) is 6.61 Å². The molecule has 0 saturated carbocycles. The van der Waals surface area contributed by atoms with E-state index in [1.54, 1.807) is 13.0 Å². The molecule has 0 radical (unpaired) electrons. The van der Waals surface area contributed by atoms with Crippen molar-refractivity contribution >= 4 is 32.6 Å². The van der Waals surface area contributed by atoms with Crippen molar-refractivity contribution in [2.45, 2.75) is 31.1 Å². The molecule has 0 spiro atoms. The molecule has 0 unspecified atom stereocenters. The summed E-state index contributed by atoms with van der Waals surface area (Å²) in [5, 5.41) is 8.58. The van der Waals surface area contributed by atoms with Gasteiger partial charge in [-0.25, -0.2) is 18.4 Å². The van der Waals surface area contributed by atoms with Gasteiger partial charge in [-0.15, -0.1) is 0 Å². The molecule has 0 atom stereocenters. The van der Waals surface area contributed by atoms with Crippen LogP contribution in [0.4, 0.5) is 5.69 Å². The summed E-state index contributed by atoms with van der Waals surface area (Å²) >= 11 is 0. The maximum absolute atomic E-state index is 12.2. The van der Waals surface area contributed by atoms with Crippen molar-refractivity contribution < 1.29 is 22.4 Å². The highest BCUT2D eigenvalue weighted by atomic mass is 32.2. The van der Waals surface area contributed by atoms with E-state index >= 15 is 0 Å². The van der Waals surface area contributed by atoms with Crippen LogP contribution in [0.1, 0.15) is 23.1 Å². The van der Waals surface area contributed by atoms with E-state index in [0.29, 0.717) is 22.6 Å². The monoisotopic (exact) mass is 428 g/mol. The van der Waals surface area contributed by atoms with Crippen LogP contribution in [0.5, 0.6) is 5.75 Å². The van der Waals surface area contributed by atoms with Crippen LogP contribution >= 0.6 is 0 Å². The molecule has 1 heterocycles. The van der Waals surface area contributed by atoms with Gasteiger partial charge in [0.1, 0.15) is 11.3 Å². The third-order valence-corrected chi connectivity index (χ3v) is 6.09. The van der Waals surface area contributed by atoms with Gasteiger partial charge >= 0.3 is 5.63 Å². The minimum absolute atomic E-state index is 0.0449. The molecule has 0 fully saturated rings. The van der Waals surface area contributed by atoms with Crippen molar-refractivity contribution in [2.75, 3.05) is 11.9 Å². The normalized spacial score (nSPS) is 13.3. The Hall–Kier alpha value is -3.17. The first-order valence-electron chi connectivity index (χ1n) is 9.38. The van der Waals surface area contributed by atoms with Crippen LogP contribution in [-0.4, -0.2) is 20.9 Å². The fraction of sp³-hybridized carbons (Fsp3) is 0.238. The molecular formula is C21H20N2O6S. The van der Waals surface area contributed by atoms with Crippen molar-refractivity contribution in [1.82, 2.24) is 0 Å². The Kier molecular flexibility index (Phi) is 5.08. The van der Waals surface area contributed by atoms with Crippen molar-refractivity contribution in [3.05, 3.63) is 63.5 Å². The maximum atomic E-state index is 12.2. The molecule has 30 heavy (non-hydrogen) atoms. The number of fused-ring (bicyclic) bond motifs is 3. The van der Waals surface area contributed by atoms with Gasteiger partial charge in [-0.3, -0.25) is 4.79 Å². The summed E-state index contributed by atoms with van der Waals surface area (Å²) in [6, 6.07) is 9.11. The zero-order chi connectivity index (χ0) is 21.5. The number of carbonyl (C=O) groups is 1. The molecule has 8 nitrogen and oxygen atoms in total. The van der Waals surface area contributed by atoms with Crippen LogP contribution in [0.2, 0.25) is 0 Å². The number of aryl methyl sites for hydroxylation is 2. The summed E-state index contributed by atoms with van der Waals surface area (Å²) in [5.74, 6) is 0.0246. The first-order chi connectivity index (χ1) is 14.2. The van der Waals surface area contributed by atoms with E-state index in [9.17, 15) is 18.0 Å². The summed E-state index contributed by atoms with van der Waals surface area (Å²) in [5.41, 5.74) is 3.03. The highest BCUT2D eigenvalue weighted by molar-refractivity contribution is 7.89. The van der Waals surface area contributed by atoms with Crippen LogP contribution in [0.25, 0.3) is 11.0 Å². The van der Waals surface area contributed by atoms with Gasteiger partial charge in [-0.05, 0) is 68.1 Å². The van der Waals surface area contributed by atoms with Crippen LogP contribution < -0.4 is 20.8 Å². The molecule has 0 aliphatic heterocycles. The van der Waals surface area contributed by atoms with Crippen LogP contribution in [0.3, 0.4) is 0 Å². The van der Waals surface area contributed by atoms with Crippen LogP contribution in [0.15, 0.2) is 50.5 Å². The number of sulfonamides is 1. The highest BCUT2D eigenvalue weighted by Crippen LogP contribution is 2.33. The van der Waals surface area contributed by atoms with E-state index in [2.05, 4.69) is 5.32 Å². The third kappa shape index (κ3) is 3.81. The Morgan fingerprint density at radius 2 is 1.83 bits per heavy atom. The molecule has 1 amide bonds. The number of hydrogen-bond donors (Lipinski definition) is 2. The lowest BCUT2D eigenvalue weighted by Gasteiger charge is -2.12. The number of primary sulfonamides is 1. The lowest BCUT2D eigenvalue weighted by atomic mass is 10.0. The van der Waals surface area contributed by atoms with Gasteiger partial charge in [0.2, 0.25) is 10.0 Å². The first kappa shape index (κ1) is 20.1. The van der Waals surface area contributed by atoms with E-state index in [1.807, 2.05) is 6.07 Å². The first-order valence-corrected chi connectivity index (χ1v) is 10.9. The molecule has 156 valence electrons. The topological polar surface area (TPSA) is 129 Å². The predicted molar refractivity (Wildman–Crippen MR) is 111 cm³/mol. The number of rotatable bonds is 5. The molecule has 2 aromatic carbocycles. The molecule has 1 aromatic heterocycles. The number of nitrogens with two attached hydrogens (primary N) is 1. The lowest BCUT2D eigenvalue weighted by molar-refractivity contribution is -0.118. The maximum Gasteiger partial charge on any atom is 0.339 e. The molecule has 0 bridgehead atoms. The Labute approximate surface area is 172 Å². The average molecular weight is 428 g/mol. The SMILES string of the molecule is Cc1c(OCC(=O)Nc2ccc(S(N)(=O)=O)cc2)ccc2c3c(c(=O)oc12)CCC3. The number of hydrogen-bond acceptors (Lipinski definition) is 6. The number of anilines is 1. The van der Waals surface area contributed by atoms with Gasteiger partial charge < -0.3 is 14.5 Å². The summed E-state index contributed by atoms with van der Waals surface area (Å²) in [4.78, 5) is 24.4. The molecule has 1 aliphatic rings. The van der Waals surface area contributed by atoms with E-state index in [4.69, 9.17) is 14.3 Å². The Balaban J connectivity index is 1.48. The molecular weight excluding hydrogens is 408 g/mol. The van der Waals surface area contributed by atoms with E-state index in [1.165, 1.54) is 24.3 Å². The van der Waals surface area contributed by atoms with Gasteiger partial charge in [-0.1, -0.05) is 0 Å². The second-order valence-electron chi connectivity index (χ2n) is 7.17. The van der Waals surface area contributed by atoms with Gasteiger partial charge in [0.25, 0.3) is 5.91 Å². The Morgan fingerprint density at radius 1 is 1.13 bits per heavy atom. The van der Waals surface area contributed by atoms with Gasteiger partial charge in [-0.2, -0.15) is 0 Å². The molecule has 3 N–H and O–H groups in total. The van der Waals surface area contributed by atoms with E-state index in [0.717, 1.165) is 35.8 Å². The lowest BCUT2D eigenvalue weighted by Crippen LogP contribution is -2.20. The standard InChI is InChI=1S/C21H20N2O6S/c1-12-18(10-9-16-15-3-2-4-17(15)21(25)29-20(12)16)28-11-19(24)23-13-5-7-14(8-6-13)30(22,26)27/h5-10H,2-4,11H2,1H3,(H,23,24)(H2,22,26,27). The average Bonchev–Trinajstić information content (AvgIpc) is 3.19. The number of amides is 1. The molecule has 4 rings (SSSR count). The summed E-state index contributed by atoms with van der Waals surface area (Å²) < 4.78 is 33.7. The molecule has 9 heteroatoms. The number of carbonyl (C=O) groups excluding carboxylic acids is 1. The zero-order valence-corrected chi connectivity index (χ0v) is 17.0. The second-order valence-corrected chi connectivity index (χ2v) is 8.73. The Bertz CT molecular complexity index is 1310. The third-order valence-electron chi connectivity index (χ3n) is 5.17. The smallest absolute Gasteiger partial charge is 0.339 e. The molecule has 1 aliphatic carbocycles. The predicted octanol–water partition coefficient (Wildman–Crippen LogP) is 2.26. The Morgan fingerprint density at radius 3 is 2.53 bits per heavy atom. The number of nitrogens with one attached hydrogen (secondary N) is 1.